The number of carbonyl (C=O) groups excluding carboxylic acids is 2. The number of allylic oxidation sites excluding steroid dienone is 4. The van der Waals surface area contributed by atoms with E-state index in [1.54, 1.807) is 0 Å². The quantitative estimate of drug-likeness (QED) is 0.0264. The van der Waals surface area contributed by atoms with Gasteiger partial charge in [-0.05, 0) is 44.9 Å². The molecule has 0 bridgehead atoms. The van der Waals surface area contributed by atoms with Gasteiger partial charge >= 0.3 is 19.8 Å². The SMILES string of the molecule is CCCCCC/C=C\C/C=C\CCCCCCCC(=O)OC(COC(=O)CCCCCCCCCCCCCCCCCCCCCCCCCCCCCCCCCCCCC)COP(=O)(O)OCCN. The summed E-state index contributed by atoms with van der Waals surface area (Å²) >= 11 is 0. The van der Waals surface area contributed by atoms with Crippen LogP contribution in [0.15, 0.2) is 24.3 Å². The molecule has 0 heterocycles. The molecule has 72 heavy (non-hydrogen) atoms. The number of esters is 2. The first-order valence-electron chi connectivity index (χ1n) is 31.3. The lowest BCUT2D eigenvalue weighted by Crippen LogP contribution is -2.29. The molecule has 0 amide bonds. The summed E-state index contributed by atoms with van der Waals surface area (Å²) in [6, 6.07) is 0. The first-order valence-corrected chi connectivity index (χ1v) is 32.8. The summed E-state index contributed by atoms with van der Waals surface area (Å²) in [6.07, 6.45) is 69.9. The number of rotatable bonds is 60. The smallest absolute Gasteiger partial charge is 0.462 e. The van der Waals surface area contributed by atoms with Gasteiger partial charge in [0.25, 0.3) is 0 Å². The van der Waals surface area contributed by atoms with Crippen LogP contribution < -0.4 is 5.73 Å². The average Bonchev–Trinajstić information content (AvgIpc) is 3.37. The second kappa shape index (κ2) is 58.7. The number of nitrogens with two attached hydrogens (primary N) is 1. The topological polar surface area (TPSA) is 134 Å². The average molecular weight is 1040 g/mol. The summed E-state index contributed by atoms with van der Waals surface area (Å²) in [5.74, 6) is -0.828. The zero-order valence-corrected chi connectivity index (χ0v) is 48.6. The van der Waals surface area contributed by atoms with Gasteiger partial charge in [-0.2, -0.15) is 0 Å². The van der Waals surface area contributed by atoms with E-state index in [0.29, 0.717) is 6.42 Å². The van der Waals surface area contributed by atoms with E-state index in [9.17, 15) is 19.0 Å². The van der Waals surface area contributed by atoms with Crippen LogP contribution in [0.3, 0.4) is 0 Å². The zero-order chi connectivity index (χ0) is 52.4. The van der Waals surface area contributed by atoms with Crippen molar-refractivity contribution >= 4 is 19.8 Å². The Kier molecular flexibility index (Phi) is 57.5. The van der Waals surface area contributed by atoms with Gasteiger partial charge in [0.2, 0.25) is 0 Å². The Bertz CT molecular complexity index is 1230. The number of hydrogen-bond donors (Lipinski definition) is 2. The highest BCUT2D eigenvalue weighted by atomic mass is 31.2. The van der Waals surface area contributed by atoms with Crippen molar-refractivity contribution in [1.29, 1.82) is 0 Å². The Balaban J connectivity index is 3.77. The minimum absolute atomic E-state index is 0.0529. The van der Waals surface area contributed by atoms with Crippen LogP contribution in [0.2, 0.25) is 0 Å². The van der Waals surface area contributed by atoms with Gasteiger partial charge in [-0.3, -0.25) is 18.6 Å². The molecule has 2 atom stereocenters. The molecule has 0 saturated carbocycles. The van der Waals surface area contributed by atoms with E-state index in [2.05, 4.69) is 38.2 Å². The molecule has 0 aromatic rings. The molecule has 0 rings (SSSR count). The minimum Gasteiger partial charge on any atom is -0.462 e. The molecule has 2 unspecified atom stereocenters. The van der Waals surface area contributed by atoms with Crippen LogP contribution in [0.1, 0.15) is 328 Å². The largest absolute Gasteiger partial charge is 0.472 e. The molecule has 0 fully saturated rings. The third-order valence-electron chi connectivity index (χ3n) is 14.1. The molecule has 0 aromatic carbocycles. The van der Waals surface area contributed by atoms with Crippen LogP contribution in [-0.4, -0.2) is 49.3 Å². The minimum atomic E-state index is -4.39. The fourth-order valence-electron chi connectivity index (χ4n) is 9.44. The monoisotopic (exact) mass is 1040 g/mol. The molecule has 9 nitrogen and oxygen atoms in total. The van der Waals surface area contributed by atoms with E-state index in [-0.39, 0.29) is 38.6 Å². The summed E-state index contributed by atoms with van der Waals surface area (Å²) < 4.78 is 33.0. The molecular formula is C62H120NO8P. The third-order valence-corrected chi connectivity index (χ3v) is 15.1. The van der Waals surface area contributed by atoms with Gasteiger partial charge in [-0.25, -0.2) is 4.57 Å². The van der Waals surface area contributed by atoms with Gasteiger partial charge in [-0.1, -0.05) is 295 Å². The lowest BCUT2D eigenvalue weighted by atomic mass is 10.0. The predicted octanol–water partition coefficient (Wildman–Crippen LogP) is 19.8. The molecule has 0 radical (unpaired) electrons. The second-order valence-corrected chi connectivity index (χ2v) is 22.7. The number of phosphoric acid groups is 1. The van der Waals surface area contributed by atoms with Gasteiger partial charge in [0.1, 0.15) is 6.61 Å². The highest BCUT2D eigenvalue weighted by Crippen LogP contribution is 2.43. The molecule has 0 saturated heterocycles. The van der Waals surface area contributed by atoms with E-state index >= 15 is 0 Å². The van der Waals surface area contributed by atoms with Crippen molar-refractivity contribution in [1.82, 2.24) is 0 Å². The molecule has 10 heteroatoms. The zero-order valence-electron chi connectivity index (χ0n) is 47.7. The van der Waals surface area contributed by atoms with Gasteiger partial charge in [0, 0.05) is 19.4 Å². The number of carbonyl (C=O) groups is 2. The van der Waals surface area contributed by atoms with Crippen LogP contribution in [0.4, 0.5) is 0 Å². The molecule has 3 N–H and O–H groups in total. The molecule has 0 aromatic heterocycles. The van der Waals surface area contributed by atoms with Gasteiger partial charge < -0.3 is 20.1 Å². The highest BCUT2D eigenvalue weighted by Gasteiger charge is 2.26. The van der Waals surface area contributed by atoms with Crippen molar-refractivity contribution in [2.24, 2.45) is 5.73 Å². The predicted molar refractivity (Wildman–Crippen MR) is 307 cm³/mol. The first-order chi connectivity index (χ1) is 35.3. The number of phosphoric ester groups is 1. The standard InChI is InChI=1S/C62H120NO8P/c1-3-5-7-9-11-13-15-17-19-21-22-23-24-25-26-27-28-29-30-31-32-33-34-35-36-37-38-39-41-42-44-46-48-50-52-54-61(64)68-58-60(59-70-72(66,67)69-57-56-63)71-62(65)55-53-51-49-47-45-43-40-20-18-16-14-12-10-8-6-4-2/h14,16,20,40,60H,3-13,15,17-19,21-39,41-59,63H2,1-2H3,(H,66,67)/b16-14-,40-20-. The molecular weight excluding hydrogens is 918 g/mol. The highest BCUT2D eigenvalue weighted by molar-refractivity contribution is 7.47. The van der Waals surface area contributed by atoms with E-state index < -0.39 is 26.5 Å². The maximum Gasteiger partial charge on any atom is 0.472 e. The maximum absolute atomic E-state index is 12.7. The van der Waals surface area contributed by atoms with E-state index in [1.165, 1.54) is 238 Å². The summed E-state index contributed by atoms with van der Waals surface area (Å²) in [5.41, 5.74) is 5.38. The van der Waals surface area contributed by atoms with Crippen molar-refractivity contribution < 1.29 is 37.6 Å². The Morgan fingerprint density at radius 3 is 1.07 bits per heavy atom. The van der Waals surface area contributed by atoms with Crippen molar-refractivity contribution in [3.8, 4) is 0 Å². The van der Waals surface area contributed by atoms with E-state index in [4.69, 9.17) is 24.3 Å². The summed E-state index contributed by atoms with van der Waals surface area (Å²) in [7, 11) is -4.39. The molecule has 0 aliphatic carbocycles. The lowest BCUT2D eigenvalue weighted by molar-refractivity contribution is -0.161. The maximum atomic E-state index is 12.7. The molecule has 426 valence electrons. The van der Waals surface area contributed by atoms with Crippen LogP contribution in [0.25, 0.3) is 0 Å². The van der Waals surface area contributed by atoms with Gasteiger partial charge in [0.15, 0.2) is 6.10 Å². The second-order valence-electron chi connectivity index (χ2n) is 21.3. The molecule has 0 spiro atoms. The van der Waals surface area contributed by atoms with Crippen molar-refractivity contribution in [3.63, 3.8) is 0 Å². The third kappa shape index (κ3) is 57.8. The summed E-state index contributed by atoms with van der Waals surface area (Å²) in [6.45, 7) is 3.76. The van der Waals surface area contributed by atoms with Crippen molar-refractivity contribution in [2.45, 2.75) is 335 Å². The van der Waals surface area contributed by atoms with E-state index in [1.807, 2.05) is 0 Å². The first kappa shape index (κ1) is 70.5. The number of ether oxygens (including phenoxy) is 2. The van der Waals surface area contributed by atoms with E-state index in [0.717, 1.165) is 57.8 Å². The van der Waals surface area contributed by atoms with Crippen LogP contribution >= 0.6 is 7.82 Å². The fraction of sp³-hybridized carbons (Fsp3) is 0.903. The summed E-state index contributed by atoms with van der Waals surface area (Å²) in [5, 5.41) is 0. The number of hydrogen-bond acceptors (Lipinski definition) is 8. The Morgan fingerprint density at radius 1 is 0.417 bits per heavy atom. The van der Waals surface area contributed by atoms with Crippen molar-refractivity contribution in [2.75, 3.05) is 26.4 Å². The summed E-state index contributed by atoms with van der Waals surface area (Å²) in [4.78, 5) is 35.1. The molecule has 0 aliphatic rings. The molecule has 0 aliphatic heterocycles. The van der Waals surface area contributed by atoms with Gasteiger partial charge in [-0.15, -0.1) is 0 Å². The van der Waals surface area contributed by atoms with Crippen molar-refractivity contribution in [3.05, 3.63) is 24.3 Å². The lowest BCUT2D eigenvalue weighted by Gasteiger charge is -2.19. The normalized spacial score (nSPS) is 13.1. The van der Waals surface area contributed by atoms with Crippen LogP contribution in [0.5, 0.6) is 0 Å². The Morgan fingerprint density at radius 2 is 0.722 bits per heavy atom. The van der Waals surface area contributed by atoms with Crippen LogP contribution in [0, 0.1) is 0 Å². The fourth-order valence-corrected chi connectivity index (χ4v) is 10.2. The Labute approximate surface area is 446 Å². The van der Waals surface area contributed by atoms with Gasteiger partial charge in [0.05, 0.1) is 13.2 Å². The van der Waals surface area contributed by atoms with Crippen LogP contribution in [-0.2, 0) is 32.7 Å². The number of unbranched alkanes of at least 4 members (excludes halogenated alkanes) is 43. The Hall–Kier alpha value is -1.51.